The Morgan fingerprint density at radius 3 is 2.24 bits per heavy atom. The predicted molar refractivity (Wildman–Crippen MR) is 142 cm³/mol. The maximum atomic E-state index is 13.2. The summed E-state index contributed by atoms with van der Waals surface area (Å²) in [6, 6.07) is 15.9. The molecule has 1 aliphatic heterocycles. The van der Waals surface area contributed by atoms with E-state index in [4.69, 9.17) is 13.3 Å². The highest BCUT2D eigenvalue weighted by atomic mass is 16.3. The molecular weight excluding hydrogens is 464 g/mol. The molecule has 4 aromatic rings. The zero-order chi connectivity index (χ0) is 25.0. The van der Waals surface area contributed by atoms with Crippen molar-refractivity contribution < 1.29 is 18.0 Å². The van der Waals surface area contributed by atoms with Crippen molar-refractivity contribution in [3.63, 3.8) is 0 Å². The van der Waals surface area contributed by atoms with Crippen LogP contribution in [0.2, 0.25) is 0 Å². The fourth-order valence-corrected chi connectivity index (χ4v) is 6.34. The predicted octanol–water partition coefficient (Wildman–Crippen LogP) is 6.70. The standard InChI is InChI=1S/C31H36N2O4/c34-31(30(28-7-3-19-35-28)29-8-4-20-36-29)32-24-11-9-22(10-12-24)13-16-33-17-14-23(15-18-33)26-21-37-27-6-2-1-5-25(26)27/h1-8,19-24,30H,9-18H2,(H,32,34). The highest BCUT2D eigenvalue weighted by Crippen LogP contribution is 2.35. The summed E-state index contributed by atoms with van der Waals surface area (Å²) in [6.07, 6.45) is 13.3. The molecule has 1 saturated carbocycles. The normalized spacial score (nSPS) is 21.5. The molecular formula is C31H36N2O4. The quantitative estimate of drug-likeness (QED) is 0.292. The van der Waals surface area contributed by atoms with Crippen LogP contribution in [0.15, 0.2) is 80.6 Å². The van der Waals surface area contributed by atoms with Crippen molar-refractivity contribution >= 4 is 16.9 Å². The molecule has 37 heavy (non-hydrogen) atoms. The van der Waals surface area contributed by atoms with Crippen LogP contribution in [0.25, 0.3) is 11.0 Å². The fourth-order valence-electron chi connectivity index (χ4n) is 6.34. The van der Waals surface area contributed by atoms with Gasteiger partial charge in [-0.2, -0.15) is 0 Å². The number of carbonyl (C=O) groups is 1. The first kappa shape index (κ1) is 24.1. The Kier molecular flexibility index (Phi) is 7.18. The molecule has 2 fully saturated rings. The number of likely N-dealkylation sites (tertiary alicyclic amines) is 1. The largest absolute Gasteiger partial charge is 0.468 e. The highest BCUT2D eigenvalue weighted by Gasteiger charge is 2.31. The average molecular weight is 501 g/mol. The van der Waals surface area contributed by atoms with Gasteiger partial charge >= 0.3 is 0 Å². The third-order valence-electron chi connectivity index (χ3n) is 8.50. The average Bonchev–Trinajstić information content (AvgIpc) is 3.72. The van der Waals surface area contributed by atoms with Crippen molar-refractivity contribution in [2.24, 2.45) is 5.92 Å². The Labute approximate surface area is 218 Å². The molecule has 1 aliphatic carbocycles. The summed E-state index contributed by atoms with van der Waals surface area (Å²) in [5.41, 5.74) is 2.39. The maximum Gasteiger partial charge on any atom is 0.238 e. The van der Waals surface area contributed by atoms with Crippen LogP contribution >= 0.6 is 0 Å². The summed E-state index contributed by atoms with van der Waals surface area (Å²) >= 11 is 0. The number of rotatable bonds is 8. The van der Waals surface area contributed by atoms with Crippen molar-refractivity contribution in [2.45, 2.75) is 62.8 Å². The number of furan rings is 3. The van der Waals surface area contributed by atoms with E-state index >= 15 is 0 Å². The smallest absolute Gasteiger partial charge is 0.238 e. The van der Waals surface area contributed by atoms with E-state index in [2.05, 4.69) is 28.4 Å². The second-order valence-electron chi connectivity index (χ2n) is 10.8. The number of benzene rings is 1. The number of para-hydroxylation sites is 1. The van der Waals surface area contributed by atoms with Gasteiger partial charge in [-0.3, -0.25) is 4.79 Å². The van der Waals surface area contributed by atoms with Gasteiger partial charge in [-0.15, -0.1) is 0 Å². The lowest BCUT2D eigenvalue weighted by Gasteiger charge is -2.34. The van der Waals surface area contributed by atoms with Crippen LogP contribution in [0.1, 0.15) is 73.9 Å². The SMILES string of the molecule is O=C(NC1CCC(CCN2CCC(c3coc4ccccc34)CC2)CC1)C(c1ccco1)c1ccco1. The Hall–Kier alpha value is -3.25. The van der Waals surface area contributed by atoms with Crippen molar-refractivity contribution in [3.8, 4) is 0 Å². The van der Waals surface area contributed by atoms with E-state index < -0.39 is 5.92 Å². The zero-order valence-electron chi connectivity index (χ0n) is 21.3. The number of amides is 1. The number of nitrogens with zero attached hydrogens (tertiary/aromatic N) is 1. The number of nitrogens with one attached hydrogen (secondary N) is 1. The second-order valence-corrected chi connectivity index (χ2v) is 10.8. The maximum absolute atomic E-state index is 13.2. The monoisotopic (exact) mass is 500 g/mol. The van der Waals surface area contributed by atoms with Gasteiger partial charge in [0.1, 0.15) is 17.1 Å². The lowest BCUT2D eigenvalue weighted by Crippen LogP contribution is -2.41. The van der Waals surface area contributed by atoms with Crippen LogP contribution in [0.4, 0.5) is 0 Å². The van der Waals surface area contributed by atoms with E-state index in [0.29, 0.717) is 17.4 Å². The van der Waals surface area contributed by atoms with Crippen molar-refractivity contribution in [2.75, 3.05) is 19.6 Å². The van der Waals surface area contributed by atoms with Crippen molar-refractivity contribution in [3.05, 3.63) is 84.4 Å². The van der Waals surface area contributed by atoms with Crippen LogP contribution in [0.3, 0.4) is 0 Å². The Balaban J connectivity index is 0.943. The van der Waals surface area contributed by atoms with Gasteiger partial charge < -0.3 is 23.5 Å². The molecule has 0 atom stereocenters. The summed E-state index contributed by atoms with van der Waals surface area (Å²) in [7, 11) is 0. The second kappa shape index (κ2) is 11.0. The molecule has 1 saturated heterocycles. The molecule has 1 amide bonds. The summed E-state index contributed by atoms with van der Waals surface area (Å²) in [5.74, 6) is 2.00. The highest BCUT2D eigenvalue weighted by molar-refractivity contribution is 5.86. The van der Waals surface area contributed by atoms with Gasteiger partial charge in [0.2, 0.25) is 5.91 Å². The molecule has 2 aliphatic rings. The molecule has 6 heteroatoms. The molecule has 3 aromatic heterocycles. The van der Waals surface area contributed by atoms with Crippen LogP contribution in [-0.2, 0) is 4.79 Å². The minimum absolute atomic E-state index is 0.0402. The molecule has 0 radical (unpaired) electrons. The van der Waals surface area contributed by atoms with Gasteiger partial charge in [0.15, 0.2) is 5.92 Å². The summed E-state index contributed by atoms with van der Waals surface area (Å²) in [4.78, 5) is 15.8. The number of hydrogen-bond acceptors (Lipinski definition) is 5. The summed E-state index contributed by atoms with van der Waals surface area (Å²) < 4.78 is 16.9. The molecule has 0 bridgehead atoms. The Morgan fingerprint density at radius 2 is 1.57 bits per heavy atom. The van der Waals surface area contributed by atoms with Gasteiger partial charge in [-0.1, -0.05) is 18.2 Å². The number of hydrogen-bond donors (Lipinski definition) is 1. The van der Waals surface area contributed by atoms with Crippen molar-refractivity contribution in [1.82, 2.24) is 10.2 Å². The molecule has 1 aromatic carbocycles. The number of fused-ring (bicyclic) bond motifs is 1. The Morgan fingerprint density at radius 1 is 0.865 bits per heavy atom. The van der Waals surface area contributed by atoms with E-state index in [0.717, 1.165) is 37.4 Å². The van der Waals surface area contributed by atoms with Crippen LogP contribution in [0.5, 0.6) is 0 Å². The molecule has 194 valence electrons. The van der Waals surface area contributed by atoms with E-state index in [1.807, 2.05) is 36.6 Å². The van der Waals surface area contributed by atoms with Crippen LogP contribution in [0, 0.1) is 5.92 Å². The third kappa shape index (κ3) is 5.40. The molecule has 6 nitrogen and oxygen atoms in total. The summed E-state index contributed by atoms with van der Waals surface area (Å²) in [6.45, 7) is 3.51. The summed E-state index contributed by atoms with van der Waals surface area (Å²) in [5, 5.41) is 4.56. The molecule has 0 unspecified atom stereocenters. The third-order valence-corrected chi connectivity index (χ3v) is 8.50. The molecule has 1 N–H and O–H groups in total. The molecule has 6 rings (SSSR count). The number of carbonyl (C=O) groups excluding carboxylic acids is 1. The van der Waals surface area contributed by atoms with Crippen molar-refractivity contribution in [1.29, 1.82) is 0 Å². The zero-order valence-corrected chi connectivity index (χ0v) is 21.3. The first-order chi connectivity index (χ1) is 18.2. The Bertz CT molecular complexity index is 1230. The van der Waals surface area contributed by atoms with E-state index in [-0.39, 0.29) is 11.9 Å². The minimum Gasteiger partial charge on any atom is -0.468 e. The molecule has 4 heterocycles. The van der Waals surface area contributed by atoms with Gasteiger partial charge in [-0.05, 0) is 107 Å². The van der Waals surface area contributed by atoms with Gasteiger partial charge in [0, 0.05) is 17.0 Å². The van der Waals surface area contributed by atoms with Crippen LogP contribution in [-0.4, -0.2) is 36.5 Å². The first-order valence-corrected chi connectivity index (χ1v) is 13.8. The topological polar surface area (TPSA) is 71.8 Å². The molecule has 0 spiro atoms. The van der Waals surface area contributed by atoms with E-state index in [1.54, 1.807) is 12.5 Å². The fraction of sp³-hybridized carbons (Fsp3) is 0.452. The lowest BCUT2D eigenvalue weighted by molar-refractivity contribution is -0.123. The van der Waals surface area contributed by atoms with E-state index in [1.165, 1.54) is 49.6 Å². The van der Waals surface area contributed by atoms with Gasteiger partial charge in [0.25, 0.3) is 0 Å². The van der Waals surface area contributed by atoms with E-state index in [9.17, 15) is 4.79 Å². The van der Waals surface area contributed by atoms with Crippen LogP contribution < -0.4 is 5.32 Å². The minimum atomic E-state index is -0.536. The first-order valence-electron chi connectivity index (χ1n) is 13.8. The number of piperidine rings is 1. The van der Waals surface area contributed by atoms with Gasteiger partial charge in [-0.25, -0.2) is 0 Å². The lowest BCUT2D eigenvalue weighted by atomic mass is 9.83. The van der Waals surface area contributed by atoms with Gasteiger partial charge in [0.05, 0.1) is 18.8 Å².